The highest BCUT2D eigenvalue weighted by atomic mass is 16.6. The molecule has 0 saturated heterocycles. The van der Waals surface area contributed by atoms with Gasteiger partial charge in [-0.25, -0.2) is 9.59 Å². The Morgan fingerprint density at radius 2 is 1.77 bits per heavy atom. The average molecular weight is 364 g/mol. The van der Waals surface area contributed by atoms with E-state index in [0.29, 0.717) is 12.8 Å². The van der Waals surface area contributed by atoms with E-state index in [9.17, 15) is 19.7 Å². The summed E-state index contributed by atoms with van der Waals surface area (Å²) in [5, 5.41) is 13.5. The van der Waals surface area contributed by atoms with Crippen molar-refractivity contribution in [3.8, 4) is 0 Å². The summed E-state index contributed by atoms with van der Waals surface area (Å²) in [6, 6.07) is 4.92. The van der Waals surface area contributed by atoms with Crippen molar-refractivity contribution >= 4 is 17.7 Å². The molecule has 2 rings (SSSR count). The van der Waals surface area contributed by atoms with Crippen LogP contribution in [0.3, 0.4) is 0 Å². The number of alkyl carbamates (subject to hydrolysis) is 1. The highest BCUT2D eigenvalue weighted by molar-refractivity contribution is 5.89. The Bertz CT molecular complexity index is 665. The monoisotopic (exact) mass is 364 g/mol. The maximum Gasteiger partial charge on any atom is 0.408 e. The second-order valence-electron chi connectivity index (χ2n) is 7.28. The molecule has 142 valence electrons. The maximum absolute atomic E-state index is 12.3. The van der Waals surface area contributed by atoms with E-state index in [2.05, 4.69) is 5.32 Å². The van der Waals surface area contributed by atoms with Crippen LogP contribution in [-0.4, -0.2) is 34.7 Å². The Labute approximate surface area is 152 Å². The summed E-state index contributed by atoms with van der Waals surface area (Å²) in [7, 11) is 0. The minimum Gasteiger partial charge on any atom is -0.457 e. The van der Waals surface area contributed by atoms with E-state index in [4.69, 9.17) is 9.47 Å². The van der Waals surface area contributed by atoms with E-state index in [1.165, 1.54) is 24.3 Å². The van der Waals surface area contributed by atoms with Crippen molar-refractivity contribution in [3.63, 3.8) is 0 Å². The molecule has 1 saturated carbocycles. The molecular formula is C18H24N2O6. The van der Waals surface area contributed by atoms with Gasteiger partial charge in [-0.15, -0.1) is 0 Å². The third-order valence-electron chi connectivity index (χ3n) is 3.98. The molecule has 0 heterocycles. The molecule has 26 heavy (non-hydrogen) atoms. The molecule has 0 aromatic heterocycles. The van der Waals surface area contributed by atoms with Crippen molar-refractivity contribution in [2.75, 3.05) is 0 Å². The molecule has 1 amide bonds. The van der Waals surface area contributed by atoms with Gasteiger partial charge in [0, 0.05) is 12.1 Å². The molecule has 0 bridgehead atoms. The van der Waals surface area contributed by atoms with Crippen molar-refractivity contribution in [2.45, 2.75) is 64.2 Å². The number of hydrogen-bond donors (Lipinski definition) is 1. The maximum atomic E-state index is 12.3. The van der Waals surface area contributed by atoms with E-state index >= 15 is 0 Å². The van der Waals surface area contributed by atoms with Crippen LogP contribution < -0.4 is 5.32 Å². The van der Waals surface area contributed by atoms with Crippen molar-refractivity contribution in [1.29, 1.82) is 0 Å². The van der Waals surface area contributed by atoms with E-state index < -0.39 is 28.7 Å². The summed E-state index contributed by atoms with van der Waals surface area (Å²) in [4.78, 5) is 34.5. The minimum absolute atomic E-state index is 0.0938. The lowest BCUT2D eigenvalue weighted by molar-refractivity contribution is -0.384. The number of nitro groups is 1. The van der Waals surface area contributed by atoms with Crippen LogP contribution in [0, 0.1) is 10.1 Å². The zero-order chi connectivity index (χ0) is 19.3. The molecule has 1 aromatic carbocycles. The molecule has 1 fully saturated rings. The minimum atomic E-state index is -0.607. The SMILES string of the molecule is CC(C)(C)OC(=O)N[C@H]1CCCC[C@H]1OC(=O)c1ccc([N+](=O)[O-])cc1. The summed E-state index contributed by atoms with van der Waals surface area (Å²) < 4.78 is 10.8. The summed E-state index contributed by atoms with van der Waals surface area (Å²) in [5.74, 6) is -0.567. The number of ether oxygens (including phenoxy) is 2. The average Bonchev–Trinajstić information content (AvgIpc) is 2.55. The summed E-state index contributed by atoms with van der Waals surface area (Å²) >= 11 is 0. The Morgan fingerprint density at radius 1 is 1.15 bits per heavy atom. The predicted octanol–water partition coefficient (Wildman–Crippen LogP) is 3.59. The zero-order valence-corrected chi connectivity index (χ0v) is 15.2. The van der Waals surface area contributed by atoms with Gasteiger partial charge < -0.3 is 14.8 Å². The molecule has 8 heteroatoms. The molecule has 0 radical (unpaired) electrons. The van der Waals surface area contributed by atoms with Crippen LogP contribution in [0.2, 0.25) is 0 Å². The first kappa shape index (κ1) is 19.7. The fourth-order valence-corrected chi connectivity index (χ4v) is 2.79. The van der Waals surface area contributed by atoms with Crippen LogP contribution in [0.25, 0.3) is 0 Å². The molecule has 0 unspecified atom stereocenters. The van der Waals surface area contributed by atoms with Crippen LogP contribution >= 0.6 is 0 Å². The second kappa shape index (κ2) is 8.16. The number of carbonyl (C=O) groups is 2. The van der Waals surface area contributed by atoms with E-state index in [1.807, 2.05) is 0 Å². The molecule has 0 aliphatic heterocycles. The van der Waals surface area contributed by atoms with Gasteiger partial charge in [0.05, 0.1) is 16.5 Å². The molecule has 1 aliphatic carbocycles. The third-order valence-corrected chi connectivity index (χ3v) is 3.98. The number of carbonyl (C=O) groups excluding carboxylic acids is 2. The summed E-state index contributed by atoms with van der Waals surface area (Å²) in [6.07, 6.45) is 2.15. The second-order valence-corrected chi connectivity index (χ2v) is 7.28. The predicted molar refractivity (Wildman–Crippen MR) is 93.9 cm³/mol. The standard InChI is InChI=1S/C18H24N2O6/c1-18(2,3)26-17(22)19-14-6-4-5-7-15(14)25-16(21)12-8-10-13(11-9-12)20(23)24/h8-11,14-15H,4-7H2,1-3H3,(H,19,22)/t14-,15+/m0/s1. The van der Waals surface area contributed by atoms with Crippen molar-refractivity contribution in [2.24, 2.45) is 0 Å². The van der Waals surface area contributed by atoms with Gasteiger partial charge >= 0.3 is 12.1 Å². The van der Waals surface area contributed by atoms with Crippen molar-refractivity contribution in [1.82, 2.24) is 5.32 Å². The smallest absolute Gasteiger partial charge is 0.408 e. The fourth-order valence-electron chi connectivity index (χ4n) is 2.79. The number of esters is 1. The van der Waals surface area contributed by atoms with Crippen molar-refractivity contribution in [3.05, 3.63) is 39.9 Å². The Hall–Kier alpha value is -2.64. The highest BCUT2D eigenvalue weighted by Gasteiger charge is 2.31. The van der Waals surface area contributed by atoms with E-state index in [-0.39, 0.29) is 17.3 Å². The van der Waals surface area contributed by atoms with Gasteiger partial charge in [0.25, 0.3) is 5.69 Å². The van der Waals surface area contributed by atoms with Crippen molar-refractivity contribution < 1.29 is 24.0 Å². The van der Waals surface area contributed by atoms with Crippen LogP contribution in [0.15, 0.2) is 24.3 Å². The van der Waals surface area contributed by atoms with Gasteiger partial charge in [0.15, 0.2) is 0 Å². The van der Waals surface area contributed by atoms with Gasteiger partial charge in [-0.05, 0) is 52.2 Å². The van der Waals surface area contributed by atoms with E-state index in [1.54, 1.807) is 20.8 Å². The normalized spacial score (nSPS) is 20.1. The lowest BCUT2D eigenvalue weighted by atomic mass is 9.92. The summed E-state index contributed by atoms with van der Waals surface area (Å²) in [5.41, 5.74) is -0.468. The lowest BCUT2D eigenvalue weighted by Crippen LogP contribution is -2.48. The number of hydrogen-bond acceptors (Lipinski definition) is 6. The number of nitro benzene ring substituents is 1. The van der Waals surface area contributed by atoms with Crippen LogP contribution in [0.4, 0.5) is 10.5 Å². The first-order valence-electron chi connectivity index (χ1n) is 8.60. The summed E-state index contributed by atoms with van der Waals surface area (Å²) in [6.45, 7) is 5.33. The number of amides is 1. The number of rotatable bonds is 4. The molecule has 1 N–H and O–H groups in total. The van der Waals surface area contributed by atoms with Gasteiger partial charge in [0.1, 0.15) is 11.7 Å². The fraction of sp³-hybridized carbons (Fsp3) is 0.556. The zero-order valence-electron chi connectivity index (χ0n) is 15.2. The Morgan fingerprint density at radius 3 is 2.35 bits per heavy atom. The number of nitrogens with one attached hydrogen (secondary N) is 1. The first-order chi connectivity index (χ1) is 12.2. The molecule has 1 aliphatic rings. The van der Waals surface area contributed by atoms with Crippen LogP contribution in [0.5, 0.6) is 0 Å². The number of nitrogens with zero attached hydrogens (tertiary/aromatic N) is 1. The molecule has 1 aromatic rings. The quantitative estimate of drug-likeness (QED) is 0.497. The van der Waals surface area contributed by atoms with Gasteiger partial charge in [-0.2, -0.15) is 0 Å². The van der Waals surface area contributed by atoms with Crippen LogP contribution in [0.1, 0.15) is 56.8 Å². The molecule has 8 nitrogen and oxygen atoms in total. The third kappa shape index (κ3) is 5.72. The van der Waals surface area contributed by atoms with Gasteiger partial charge in [-0.1, -0.05) is 6.42 Å². The van der Waals surface area contributed by atoms with Gasteiger partial charge in [-0.3, -0.25) is 10.1 Å². The first-order valence-corrected chi connectivity index (χ1v) is 8.60. The molecule has 2 atom stereocenters. The molecular weight excluding hydrogens is 340 g/mol. The topological polar surface area (TPSA) is 108 Å². The Kier molecular flexibility index (Phi) is 6.18. The lowest BCUT2D eigenvalue weighted by Gasteiger charge is -2.32. The highest BCUT2D eigenvalue weighted by Crippen LogP contribution is 2.23. The number of benzene rings is 1. The van der Waals surface area contributed by atoms with Crippen LogP contribution in [-0.2, 0) is 9.47 Å². The van der Waals surface area contributed by atoms with E-state index in [0.717, 1.165) is 12.8 Å². The molecule has 0 spiro atoms. The number of non-ortho nitro benzene ring substituents is 1. The Balaban J connectivity index is 1.99. The van der Waals surface area contributed by atoms with Gasteiger partial charge in [0.2, 0.25) is 0 Å². The largest absolute Gasteiger partial charge is 0.457 e.